The fourth-order valence-corrected chi connectivity index (χ4v) is 8.62. The Morgan fingerprint density at radius 3 is 2.15 bits per heavy atom. The Morgan fingerprint density at radius 2 is 1.62 bits per heavy atom. The van der Waals surface area contributed by atoms with Crippen molar-refractivity contribution in [3.05, 3.63) is 112 Å². The summed E-state index contributed by atoms with van der Waals surface area (Å²) in [5.41, 5.74) is 13.3. The summed E-state index contributed by atoms with van der Waals surface area (Å²) in [4.78, 5) is 0. The Balaban J connectivity index is 0.000000915. The second kappa shape index (κ2) is 22.2. The second-order valence-corrected chi connectivity index (χ2v) is 16.8. The molecule has 0 radical (unpaired) electrons. The molecule has 4 rings (SSSR count). The first-order valence-corrected chi connectivity index (χ1v) is 20.8. The molecule has 0 bridgehead atoms. The van der Waals surface area contributed by atoms with Crippen molar-refractivity contribution in [2.75, 3.05) is 0 Å². The van der Waals surface area contributed by atoms with Crippen LogP contribution in [0, 0.1) is 35.5 Å². The van der Waals surface area contributed by atoms with Crippen LogP contribution in [0.25, 0.3) is 5.57 Å². The van der Waals surface area contributed by atoms with Crippen LogP contribution >= 0.6 is 0 Å². The van der Waals surface area contributed by atoms with Crippen molar-refractivity contribution in [1.29, 1.82) is 0 Å². The van der Waals surface area contributed by atoms with E-state index in [0.717, 1.165) is 41.4 Å². The van der Waals surface area contributed by atoms with Gasteiger partial charge < -0.3 is 0 Å². The minimum absolute atomic E-state index is 0. The Hall–Kier alpha value is -3.04. The largest absolute Gasteiger partial charge is 0.115 e. The van der Waals surface area contributed by atoms with Crippen LogP contribution in [0.5, 0.6) is 0 Å². The van der Waals surface area contributed by atoms with Gasteiger partial charge in [0.05, 0.1) is 0 Å². The van der Waals surface area contributed by atoms with E-state index in [1.54, 1.807) is 11.1 Å². The number of benzene rings is 1. The van der Waals surface area contributed by atoms with Crippen LogP contribution in [0.15, 0.2) is 101 Å². The number of rotatable bonds is 14. The predicted molar refractivity (Wildman–Crippen MR) is 236 cm³/mol. The van der Waals surface area contributed by atoms with Gasteiger partial charge >= 0.3 is 0 Å². The summed E-state index contributed by atoms with van der Waals surface area (Å²) in [7, 11) is 0. The highest BCUT2D eigenvalue weighted by Gasteiger charge is 2.32. The molecule has 0 aromatic heterocycles. The van der Waals surface area contributed by atoms with Crippen molar-refractivity contribution in [2.24, 2.45) is 23.2 Å². The summed E-state index contributed by atoms with van der Waals surface area (Å²) < 4.78 is 0. The summed E-state index contributed by atoms with van der Waals surface area (Å²) >= 11 is 0. The van der Waals surface area contributed by atoms with Crippen molar-refractivity contribution in [2.45, 2.75) is 172 Å². The lowest BCUT2D eigenvalue weighted by Gasteiger charge is -2.37. The van der Waals surface area contributed by atoms with Crippen molar-refractivity contribution >= 4 is 5.57 Å². The highest BCUT2D eigenvalue weighted by Crippen LogP contribution is 2.47. The highest BCUT2D eigenvalue weighted by atomic mass is 14.4. The minimum Gasteiger partial charge on any atom is -0.115 e. The number of hydrogen-bond acceptors (Lipinski definition) is 0. The molecule has 3 aliphatic carbocycles. The van der Waals surface area contributed by atoms with Crippen molar-refractivity contribution in [3.63, 3.8) is 0 Å². The van der Waals surface area contributed by atoms with E-state index < -0.39 is 0 Å². The third-order valence-electron chi connectivity index (χ3n) is 12.5. The van der Waals surface area contributed by atoms with Gasteiger partial charge in [0.1, 0.15) is 0 Å². The van der Waals surface area contributed by atoms with Crippen LogP contribution in [0.1, 0.15) is 183 Å². The normalized spacial score (nSPS) is 20.7. The molecule has 0 nitrogen and oxygen atoms in total. The molecule has 286 valence electrons. The van der Waals surface area contributed by atoms with Crippen molar-refractivity contribution < 1.29 is 0 Å². The van der Waals surface area contributed by atoms with E-state index in [4.69, 9.17) is 6.42 Å². The lowest BCUT2D eigenvalue weighted by Crippen LogP contribution is -2.23. The van der Waals surface area contributed by atoms with Crippen LogP contribution in [-0.2, 0) is 0 Å². The summed E-state index contributed by atoms with van der Waals surface area (Å²) in [6.45, 7) is 29.4. The van der Waals surface area contributed by atoms with E-state index in [1.165, 1.54) is 111 Å². The van der Waals surface area contributed by atoms with E-state index >= 15 is 0 Å². The van der Waals surface area contributed by atoms with Crippen molar-refractivity contribution in [3.8, 4) is 12.3 Å². The van der Waals surface area contributed by atoms with Gasteiger partial charge in [-0.3, -0.25) is 0 Å². The smallest absolute Gasteiger partial charge is 0.0274 e. The Labute approximate surface area is 323 Å². The molecule has 0 heterocycles. The SMILES string of the molecule is C.C#C/C(=C/C(=C\C)c1ccc([C@@H](CCC)C(C)CC(=C)/C(C)=C/C2=CC3=C(CC[C@H](CC)C3)CC2(C)C)cc1)C(=C)CC.CCC1CCCCC1. The zero-order valence-electron chi connectivity index (χ0n) is 34.5. The van der Waals surface area contributed by atoms with E-state index in [0.29, 0.717) is 11.8 Å². The topological polar surface area (TPSA) is 0 Å². The van der Waals surface area contributed by atoms with Crippen LogP contribution in [0.4, 0.5) is 0 Å². The van der Waals surface area contributed by atoms with Gasteiger partial charge in [-0.1, -0.05) is 180 Å². The van der Waals surface area contributed by atoms with E-state index in [9.17, 15) is 0 Å². The molecule has 1 saturated carbocycles. The third kappa shape index (κ3) is 12.8. The molecule has 0 heteroatoms. The molecular formula is C52H78. The van der Waals surface area contributed by atoms with Gasteiger partial charge in [0.2, 0.25) is 0 Å². The average Bonchev–Trinajstić information content (AvgIpc) is 3.14. The van der Waals surface area contributed by atoms with Gasteiger partial charge in [-0.25, -0.2) is 0 Å². The standard InChI is InChI=1S/C43H58.C8H16.CH4/c1-12-17-42(38-22-20-37(21-23-38)36(16-5)27-35(15-4)30(6)13-2)33(9)24-31(7)32(8)25-41-28-40-26-34(14-3)18-19-39(40)29-43(41,10)11;1-2-8-6-4-3-5-7-8;/h4,16,20-23,25,27-28,33-34,42H,6-7,12-14,17-19,24,26,29H2,1-3,5,8-11H3;8H,2-7H2,1H3;1H4/b32-25+,35-27-,36-16+;;/t33?,34-,42-;;/m0../s1. The minimum atomic E-state index is 0. The third-order valence-corrected chi connectivity index (χ3v) is 12.5. The first kappa shape index (κ1) is 45.1. The fourth-order valence-electron chi connectivity index (χ4n) is 8.62. The lowest BCUT2D eigenvalue weighted by atomic mass is 9.68. The van der Waals surface area contributed by atoms with Crippen molar-refractivity contribution in [1.82, 2.24) is 0 Å². The van der Waals surface area contributed by atoms with Gasteiger partial charge in [-0.15, -0.1) is 6.42 Å². The summed E-state index contributed by atoms with van der Waals surface area (Å²) in [5, 5.41) is 0. The molecule has 0 saturated heterocycles. The molecule has 52 heavy (non-hydrogen) atoms. The molecule has 0 N–H and O–H groups in total. The maximum atomic E-state index is 5.80. The maximum Gasteiger partial charge on any atom is 0.0274 e. The Bertz CT molecular complexity index is 1490. The Morgan fingerprint density at radius 1 is 0.962 bits per heavy atom. The monoisotopic (exact) mass is 703 g/mol. The summed E-state index contributed by atoms with van der Waals surface area (Å²) in [5.74, 6) is 5.77. The molecule has 3 aliphatic rings. The maximum absolute atomic E-state index is 5.80. The van der Waals surface area contributed by atoms with Gasteiger partial charge in [0, 0.05) is 5.57 Å². The molecular weight excluding hydrogens is 625 g/mol. The van der Waals surface area contributed by atoms with Crippen LogP contribution in [-0.4, -0.2) is 0 Å². The number of hydrogen-bond donors (Lipinski definition) is 0. The molecule has 1 aromatic rings. The van der Waals surface area contributed by atoms with Gasteiger partial charge in [-0.05, 0) is 133 Å². The fraction of sp³-hybridized carbons (Fsp3) is 0.577. The molecule has 1 unspecified atom stereocenters. The first-order chi connectivity index (χ1) is 24.4. The van der Waals surface area contributed by atoms with Gasteiger partial charge in [0.15, 0.2) is 0 Å². The first-order valence-electron chi connectivity index (χ1n) is 20.8. The quantitative estimate of drug-likeness (QED) is 0.134. The zero-order chi connectivity index (χ0) is 37.6. The van der Waals surface area contributed by atoms with E-state index in [2.05, 4.69) is 130 Å². The molecule has 1 fully saturated rings. The molecule has 0 amide bonds. The molecule has 0 aliphatic heterocycles. The van der Waals surface area contributed by atoms with E-state index in [1.807, 2.05) is 0 Å². The van der Waals surface area contributed by atoms with Gasteiger partial charge in [0.25, 0.3) is 0 Å². The highest BCUT2D eigenvalue weighted by molar-refractivity contribution is 5.77. The van der Waals surface area contributed by atoms with Gasteiger partial charge in [-0.2, -0.15) is 0 Å². The Kier molecular flexibility index (Phi) is 19.3. The van der Waals surface area contributed by atoms with E-state index in [-0.39, 0.29) is 12.8 Å². The van der Waals surface area contributed by atoms with Crippen LogP contribution in [0.2, 0.25) is 0 Å². The second-order valence-electron chi connectivity index (χ2n) is 16.8. The van der Waals surface area contributed by atoms with Crippen LogP contribution in [0.3, 0.4) is 0 Å². The van der Waals surface area contributed by atoms with Crippen LogP contribution < -0.4 is 0 Å². The molecule has 0 spiro atoms. The summed E-state index contributed by atoms with van der Waals surface area (Å²) in [6, 6.07) is 9.17. The zero-order valence-corrected chi connectivity index (χ0v) is 34.5. The number of terminal acetylenes is 1. The predicted octanol–water partition coefficient (Wildman–Crippen LogP) is 16.5. The average molecular weight is 703 g/mol. The number of allylic oxidation sites excluding steroid dienone is 12. The molecule has 3 atom stereocenters. The lowest BCUT2D eigenvalue weighted by molar-refractivity contribution is 0.349. The molecule has 1 aromatic carbocycles. The summed E-state index contributed by atoms with van der Waals surface area (Å²) in [6.07, 6.45) is 34.6.